The number of para-hydroxylation sites is 1. The lowest BCUT2D eigenvalue weighted by Gasteiger charge is -2.17. The highest BCUT2D eigenvalue weighted by molar-refractivity contribution is 6.09. The van der Waals surface area contributed by atoms with Crippen molar-refractivity contribution in [2.75, 3.05) is 17.7 Å². The number of aromatic carboxylic acids is 1. The van der Waals surface area contributed by atoms with Gasteiger partial charge in [-0.05, 0) is 22.4 Å². The van der Waals surface area contributed by atoms with Crippen LogP contribution in [0.1, 0.15) is 20.8 Å². The summed E-state index contributed by atoms with van der Waals surface area (Å²) in [6, 6.07) is 6.09. The number of amides is 1. The van der Waals surface area contributed by atoms with Crippen molar-refractivity contribution >= 4 is 23.4 Å². The predicted molar refractivity (Wildman–Crippen MR) is 64.8 cm³/mol. The predicted octanol–water partition coefficient (Wildman–Crippen LogP) is 0.627. The van der Waals surface area contributed by atoms with Gasteiger partial charge in [-0.3, -0.25) is 4.79 Å². The van der Waals surface area contributed by atoms with Crippen LogP contribution in [0.5, 0.6) is 0 Å². The SMILES string of the molecule is CN(C(=O)c1nonc1N)c1ccccc1C(=O)O. The number of benzene rings is 1. The van der Waals surface area contributed by atoms with Crippen LogP contribution in [0.25, 0.3) is 0 Å². The van der Waals surface area contributed by atoms with Gasteiger partial charge < -0.3 is 15.7 Å². The molecule has 0 saturated carbocycles. The Bertz CT molecular complexity index is 637. The van der Waals surface area contributed by atoms with Crippen molar-refractivity contribution in [3.05, 3.63) is 35.5 Å². The average molecular weight is 262 g/mol. The second-order valence-corrected chi connectivity index (χ2v) is 3.68. The van der Waals surface area contributed by atoms with E-state index in [1.807, 2.05) is 0 Å². The number of carbonyl (C=O) groups excluding carboxylic acids is 1. The van der Waals surface area contributed by atoms with Gasteiger partial charge in [0.15, 0.2) is 0 Å². The van der Waals surface area contributed by atoms with Crippen LogP contribution >= 0.6 is 0 Å². The van der Waals surface area contributed by atoms with E-state index in [4.69, 9.17) is 10.8 Å². The number of carboxylic acids is 1. The number of aromatic nitrogens is 2. The Labute approximate surface area is 107 Å². The number of anilines is 2. The molecule has 0 aliphatic heterocycles. The molecule has 8 heteroatoms. The van der Waals surface area contributed by atoms with Crippen LogP contribution < -0.4 is 10.6 Å². The summed E-state index contributed by atoms with van der Waals surface area (Å²) in [6.45, 7) is 0. The molecule has 1 heterocycles. The Hall–Kier alpha value is -2.90. The zero-order valence-electron chi connectivity index (χ0n) is 9.90. The van der Waals surface area contributed by atoms with E-state index >= 15 is 0 Å². The molecule has 2 rings (SSSR count). The number of hydrogen-bond acceptors (Lipinski definition) is 6. The maximum atomic E-state index is 12.1. The van der Waals surface area contributed by atoms with E-state index < -0.39 is 11.9 Å². The Kier molecular flexibility index (Phi) is 3.15. The van der Waals surface area contributed by atoms with Crippen LogP contribution in [0, 0.1) is 0 Å². The van der Waals surface area contributed by atoms with E-state index in [9.17, 15) is 9.59 Å². The number of carboxylic acid groups (broad SMARTS) is 1. The molecule has 8 nitrogen and oxygen atoms in total. The van der Waals surface area contributed by atoms with E-state index in [1.54, 1.807) is 12.1 Å². The molecule has 0 radical (unpaired) electrons. The molecular formula is C11H10N4O4. The summed E-state index contributed by atoms with van der Waals surface area (Å²) in [4.78, 5) is 24.3. The van der Waals surface area contributed by atoms with Crippen molar-refractivity contribution in [2.45, 2.75) is 0 Å². The van der Waals surface area contributed by atoms with Crippen LogP contribution in [0.15, 0.2) is 28.9 Å². The number of nitrogens with zero attached hydrogens (tertiary/aromatic N) is 3. The van der Waals surface area contributed by atoms with Gasteiger partial charge in [0.2, 0.25) is 11.5 Å². The topological polar surface area (TPSA) is 123 Å². The summed E-state index contributed by atoms with van der Waals surface area (Å²) in [5.41, 5.74) is 5.48. The van der Waals surface area contributed by atoms with E-state index in [2.05, 4.69) is 14.9 Å². The Morgan fingerprint density at radius 1 is 1.32 bits per heavy atom. The molecule has 0 saturated heterocycles. The molecule has 0 spiro atoms. The van der Waals surface area contributed by atoms with E-state index in [0.29, 0.717) is 0 Å². The highest BCUT2D eigenvalue weighted by atomic mass is 16.6. The van der Waals surface area contributed by atoms with Crippen molar-refractivity contribution in [1.29, 1.82) is 0 Å². The Balaban J connectivity index is 2.40. The molecule has 1 amide bonds. The molecular weight excluding hydrogens is 252 g/mol. The van der Waals surface area contributed by atoms with Crippen LogP contribution in [0.4, 0.5) is 11.5 Å². The number of nitrogens with two attached hydrogens (primary N) is 1. The average Bonchev–Trinajstić information content (AvgIpc) is 2.83. The van der Waals surface area contributed by atoms with E-state index in [-0.39, 0.29) is 22.8 Å². The first kappa shape index (κ1) is 12.6. The van der Waals surface area contributed by atoms with Gasteiger partial charge in [0.25, 0.3) is 5.91 Å². The lowest BCUT2D eigenvalue weighted by molar-refractivity contribution is 0.0697. The maximum absolute atomic E-state index is 12.1. The van der Waals surface area contributed by atoms with Crippen molar-refractivity contribution in [3.8, 4) is 0 Å². The third-order valence-electron chi connectivity index (χ3n) is 2.52. The lowest BCUT2D eigenvalue weighted by atomic mass is 10.1. The van der Waals surface area contributed by atoms with Gasteiger partial charge in [-0.15, -0.1) is 0 Å². The van der Waals surface area contributed by atoms with Crippen LogP contribution in [-0.4, -0.2) is 34.3 Å². The van der Waals surface area contributed by atoms with Crippen LogP contribution in [0.2, 0.25) is 0 Å². The molecule has 0 unspecified atom stereocenters. The van der Waals surface area contributed by atoms with Crippen LogP contribution in [0.3, 0.4) is 0 Å². The third-order valence-corrected chi connectivity index (χ3v) is 2.52. The summed E-state index contributed by atoms with van der Waals surface area (Å²) in [7, 11) is 1.41. The molecule has 1 aromatic heterocycles. The zero-order valence-corrected chi connectivity index (χ0v) is 9.90. The second kappa shape index (κ2) is 4.77. The summed E-state index contributed by atoms with van der Waals surface area (Å²) in [5.74, 6) is -1.89. The number of nitrogen functional groups attached to an aromatic ring is 1. The fraction of sp³-hybridized carbons (Fsp3) is 0.0909. The first-order valence-electron chi connectivity index (χ1n) is 5.20. The Morgan fingerprint density at radius 3 is 2.58 bits per heavy atom. The van der Waals surface area contributed by atoms with Gasteiger partial charge in [0.05, 0.1) is 11.3 Å². The fourth-order valence-corrected chi connectivity index (χ4v) is 1.56. The van der Waals surface area contributed by atoms with Gasteiger partial charge in [-0.2, -0.15) is 0 Å². The molecule has 98 valence electrons. The zero-order chi connectivity index (χ0) is 14.0. The van der Waals surface area contributed by atoms with Crippen LogP contribution in [-0.2, 0) is 0 Å². The lowest BCUT2D eigenvalue weighted by Crippen LogP contribution is -2.28. The largest absolute Gasteiger partial charge is 0.478 e. The molecule has 0 atom stereocenters. The minimum absolute atomic E-state index is 0.00613. The number of carbonyl (C=O) groups is 2. The van der Waals surface area contributed by atoms with Gasteiger partial charge >= 0.3 is 5.97 Å². The quantitative estimate of drug-likeness (QED) is 0.831. The molecule has 2 aromatic rings. The van der Waals surface area contributed by atoms with Gasteiger partial charge in [-0.25, -0.2) is 9.42 Å². The summed E-state index contributed by atoms with van der Waals surface area (Å²) in [5, 5.41) is 15.8. The third kappa shape index (κ3) is 2.23. The fourth-order valence-electron chi connectivity index (χ4n) is 1.56. The maximum Gasteiger partial charge on any atom is 0.337 e. The summed E-state index contributed by atoms with van der Waals surface area (Å²) < 4.78 is 4.34. The standard InChI is InChI=1S/C11H10N4O4/c1-15(10(16)8-9(12)14-19-13-8)7-5-3-2-4-6(7)11(17)18/h2-5H,1H3,(H2,12,14)(H,17,18). The molecule has 1 aromatic carbocycles. The molecule has 3 N–H and O–H groups in total. The van der Waals surface area contributed by atoms with Crippen molar-refractivity contribution in [3.63, 3.8) is 0 Å². The van der Waals surface area contributed by atoms with E-state index in [0.717, 1.165) is 4.90 Å². The Morgan fingerprint density at radius 2 is 2.00 bits per heavy atom. The first-order valence-corrected chi connectivity index (χ1v) is 5.20. The molecule has 0 fully saturated rings. The normalized spacial score (nSPS) is 10.2. The number of rotatable bonds is 3. The monoisotopic (exact) mass is 262 g/mol. The minimum Gasteiger partial charge on any atom is -0.478 e. The molecule has 0 bridgehead atoms. The van der Waals surface area contributed by atoms with Crippen molar-refractivity contribution in [2.24, 2.45) is 0 Å². The van der Waals surface area contributed by atoms with Gasteiger partial charge in [-0.1, -0.05) is 12.1 Å². The molecule has 0 aliphatic rings. The summed E-state index contributed by atoms with van der Waals surface area (Å²) in [6.07, 6.45) is 0. The van der Waals surface area contributed by atoms with Gasteiger partial charge in [0, 0.05) is 7.05 Å². The van der Waals surface area contributed by atoms with E-state index in [1.165, 1.54) is 19.2 Å². The molecule has 0 aliphatic carbocycles. The minimum atomic E-state index is -1.14. The van der Waals surface area contributed by atoms with Crippen molar-refractivity contribution in [1.82, 2.24) is 10.3 Å². The smallest absolute Gasteiger partial charge is 0.337 e. The molecule has 19 heavy (non-hydrogen) atoms. The highest BCUT2D eigenvalue weighted by Crippen LogP contribution is 2.21. The van der Waals surface area contributed by atoms with Crippen molar-refractivity contribution < 1.29 is 19.3 Å². The van der Waals surface area contributed by atoms with Gasteiger partial charge in [0.1, 0.15) is 0 Å². The number of hydrogen-bond donors (Lipinski definition) is 2. The summed E-state index contributed by atoms with van der Waals surface area (Å²) >= 11 is 0. The second-order valence-electron chi connectivity index (χ2n) is 3.68. The first-order chi connectivity index (χ1) is 9.02. The highest BCUT2D eigenvalue weighted by Gasteiger charge is 2.24.